The van der Waals surface area contributed by atoms with Crippen molar-refractivity contribution in [3.63, 3.8) is 0 Å². The van der Waals surface area contributed by atoms with Gasteiger partial charge in [-0.15, -0.1) is 0 Å². The molecular formula is C13H21ClN2O2S. The number of hydrogen-bond acceptors (Lipinski definition) is 3. The van der Waals surface area contributed by atoms with Crippen molar-refractivity contribution >= 4 is 27.3 Å². The molecule has 0 unspecified atom stereocenters. The summed E-state index contributed by atoms with van der Waals surface area (Å²) >= 11 is 5.93. The average Bonchev–Trinajstić information content (AvgIpc) is 2.33. The molecule has 3 N–H and O–H groups in total. The number of rotatable bonds is 5. The third-order valence-electron chi connectivity index (χ3n) is 3.26. The van der Waals surface area contributed by atoms with E-state index >= 15 is 0 Å². The van der Waals surface area contributed by atoms with Crippen LogP contribution in [-0.4, -0.2) is 15.0 Å². The Morgan fingerprint density at radius 2 is 1.95 bits per heavy atom. The van der Waals surface area contributed by atoms with Gasteiger partial charge < -0.3 is 5.73 Å². The van der Waals surface area contributed by atoms with Crippen LogP contribution in [0, 0.1) is 12.3 Å². The second-order valence-corrected chi connectivity index (χ2v) is 7.63. The third kappa shape index (κ3) is 4.09. The van der Waals surface area contributed by atoms with E-state index in [1.54, 1.807) is 6.92 Å². The molecule has 0 fully saturated rings. The zero-order valence-electron chi connectivity index (χ0n) is 11.7. The maximum atomic E-state index is 12.2. The van der Waals surface area contributed by atoms with E-state index in [4.69, 9.17) is 17.3 Å². The fourth-order valence-electron chi connectivity index (χ4n) is 1.42. The highest BCUT2D eigenvalue weighted by atomic mass is 35.5. The van der Waals surface area contributed by atoms with E-state index < -0.39 is 10.0 Å². The monoisotopic (exact) mass is 304 g/mol. The third-order valence-corrected chi connectivity index (χ3v) is 5.16. The Morgan fingerprint density at radius 3 is 2.42 bits per heavy atom. The number of nitrogens with one attached hydrogen (secondary N) is 1. The van der Waals surface area contributed by atoms with Gasteiger partial charge in [-0.1, -0.05) is 32.4 Å². The normalized spacial score (nSPS) is 12.7. The van der Waals surface area contributed by atoms with Crippen molar-refractivity contribution in [1.29, 1.82) is 0 Å². The molecule has 0 aliphatic heterocycles. The van der Waals surface area contributed by atoms with Crippen molar-refractivity contribution in [2.45, 2.75) is 39.0 Å². The van der Waals surface area contributed by atoms with E-state index in [9.17, 15) is 8.42 Å². The van der Waals surface area contributed by atoms with Crippen molar-refractivity contribution in [2.24, 2.45) is 5.41 Å². The summed E-state index contributed by atoms with van der Waals surface area (Å²) in [7, 11) is -3.55. The number of aryl methyl sites for hydroxylation is 1. The van der Waals surface area contributed by atoms with Gasteiger partial charge >= 0.3 is 0 Å². The fourth-order valence-corrected chi connectivity index (χ4v) is 2.89. The fraction of sp³-hybridized carbons (Fsp3) is 0.538. The molecule has 1 aromatic carbocycles. The summed E-state index contributed by atoms with van der Waals surface area (Å²) in [5.41, 5.74) is 6.54. The first kappa shape index (κ1) is 16.3. The van der Waals surface area contributed by atoms with Gasteiger partial charge in [-0.25, -0.2) is 13.1 Å². The van der Waals surface area contributed by atoms with E-state index in [-0.39, 0.29) is 16.0 Å². The molecule has 0 amide bonds. The molecule has 0 bridgehead atoms. The minimum Gasteiger partial charge on any atom is -0.397 e. The van der Waals surface area contributed by atoms with Crippen molar-refractivity contribution in [2.75, 3.05) is 12.3 Å². The number of hydrogen-bond donors (Lipinski definition) is 2. The van der Waals surface area contributed by atoms with Crippen LogP contribution in [0.5, 0.6) is 0 Å². The Balaban J connectivity index is 3.02. The van der Waals surface area contributed by atoms with Crippen LogP contribution in [0.4, 0.5) is 5.69 Å². The van der Waals surface area contributed by atoms with Gasteiger partial charge in [0.15, 0.2) is 0 Å². The molecule has 1 rings (SSSR count). The van der Waals surface area contributed by atoms with E-state index in [0.717, 1.165) is 6.42 Å². The van der Waals surface area contributed by atoms with Gasteiger partial charge in [0.05, 0.1) is 15.6 Å². The first-order valence-electron chi connectivity index (χ1n) is 6.14. The van der Waals surface area contributed by atoms with E-state index in [0.29, 0.717) is 17.1 Å². The molecule has 0 spiro atoms. The van der Waals surface area contributed by atoms with Crippen molar-refractivity contribution in [1.82, 2.24) is 4.72 Å². The average molecular weight is 305 g/mol. The molecule has 108 valence electrons. The Kier molecular flexibility index (Phi) is 4.87. The van der Waals surface area contributed by atoms with Crippen molar-refractivity contribution < 1.29 is 8.42 Å². The number of sulfonamides is 1. The lowest BCUT2D eigenvalue weighted by Gasteiger charge is -2.23. The van der Waals surface area contributed by atoms with Gasteiger partial charge in [0.2, 0.25) is 10.0 Å². The molecule has 0 aromatic heterocycles. The summed E-state index contributed by atoms with van der Waals surface area (Å²) < 4.78 is 27.0. The number of nitrogen functional groups attached to an aromatic ring is 1. The highest BCUT2D eigenvalue weighted by molar-refractivity contribution is 7.89. The second-order valence-electron chi connectivity index (χ2n) is 5.49. The molecule has 0 saturated carbocycles. The molecule has 0 saturated heterocycles. The Hall–Kier alpha value is -0.780. The molecule has 0 radical (unpaired) electrons. The van der Waals surface area contributed by atoms with Gasteiger partial charge in [0.1, 0.15) is 0 Å². The van der Waals surface area contributed by atoms with Gasteiger partial charge in [0, 0.05) is 6.54 Å². The number of benzene rings is 1. The molecule has 0 aliphatic carbocycles. The zero-order chi connectivity index (χ0) is 14.8. The van der Waals surface area contributed by atoms with Crippen LogP contribution in [0.1, 0.15) is 32.8 Å². The second kappa shape index (κ2) is 5.69. The van der Waals surface area contributed by atoms with Gasteiger partial charge in [-0.05, 0) is 36.5 Å². The maximum absolute atomic E-state index is 12.2. The first-order chi connectivity index (χ1) is 8.59. The maximum Gasteiger partial charge on any atom is 0.240 e. The topological polar surface area (TPSA) is 72.2 Å². The lowest BCUT2D eigenvalue weighted by Crippen LogP contribution is -2.33. The summed E-state index contributed by atoms with van der Waals surface area (Å²) in [5, 5.41) is 0.396. The number of nitrogens with two attached hydrogens (primary N) is 1. The molecule has 1 aromatic rings. The standard InChI is InChI=1S/C13H21ClN2O2S/c1-5-13(3,4)8-16-19(17,18)10-6-9(2)12(14)11(15)7-10/h6-7,16H,5,8,15H2,1-4H3. The van der Waals surface area contributed by atoms with Crippen LogP contribution >= 0.6 is 11.6 Å². The largest absolute Gasteiger partial charge is 0.397 e. The summed E-state index contributed by atoms with van der Waals surface area (Å²) in [6.45, 7) is 8.16. The van der Waals surface area contributed by atoms with Crippen LogP contribution in [0.25, 0.3) is 0 Å². The molecule has 0 aliphatic rings. The molecule has 4 nitrogen and oxygen atoms in total. The smallest absolute Gasteiger partial charge is 0.240 e. The van der Waals surface area contributed by atoms with Gasteiger partial charge in [0.25, 0.3) is 0 Å². The minimum atomic E-state index is -3.55. The molecular weight excluding hydrogens is 284 g/mol. The number of anilines is 1. The summed E-state index contributed by atoms with van der Waals surface area (Å²) in [5.74, 6) is 0. The zero-order valence-corrected chi connectivity index (χ0v) is 13.3. The van der Waals surface area contributed by atoms with Crippen LogP contribution < -0.4 is 10.5 Å². The molecule has 0 atom stereocenters. The highest BCUT2D eigenvalue weighted by Gasteiger charge is 2.21. The molecule has 0 heterocycles. The van der Waals surface area contributed by atoms with E-state index in [1.807, 2.05) is 20.8 Å². The van der Waals surface area contributed by atoms with Gasteiger partial charge in [-0.3, -0.25) is 0 Å². The van der Waals surface area contributed by atoms with Crippen LogP contribution in [-0.2, 0) is 10.0 Å². The van der Waals surface area contributed by atoms with E-state index in [1.165, 1.54) is 12.1 Å². The predicted octanol–water partition coefficient (Wildman–Crippen LogP) is 2.95. The Bertz CT molecular complexity index is 545. The molecule has 6 heteroatoms. The van der Waals surface area contributed by atoms with E-state index in [2.05, 4.69) is 4.72 Å². The van der Waals surface area contributed by atoms with Crippen LogP contribution in [0.15, 0.2) is 17.0 Å². The SMILES string of the molecule is CCC(C)(C)CNS(=O)(=O)c1cc(C)c(Cl)c(N)c1. The van der Waals surface area contributed by atoms with Gasteiger partial charge in [-0.2, -0.15) is 0 Å². The summed E-state index contributed by atoms with van der Waals surface area (Å²) in [6.07, 6.45) is 0.886. The number of halogens is 1. The Labute approximate surface area is 120 Å². The molecule has 19 heavy (non-hydrogen) atoms. The minimum absolute atomic E-state index is 0.0832. The van der Waals surface area contributed by atoms with Crippen LogP contribution in [0.3, 0.4) is 0 Å². The summed E-state index contributed by atoms with van der Waals surface area (Å²) in [4.78, 5) is 0.152. The first-order valence-corrected chi connectivity index (χ1v) is 8.00. The van der Waals surface area contributed by atoms with Crippen molar-refractivity contribution in [3.05, 3.63) is 22.7 Å². The lowest BCUT2D eigenvalue weighted by atomic mass is 9.91. The summed E-state index contributed by atoms with van der Waals surface area (Å²) in [6, 6.07) is 2.91. The van der Waals surface area contributed by atoms with Crippen molar-refractivity contribution in [3.8, 4) is 0 Å². The Morgan fingerprint density at radius 1 is 1.37 bits per heavy atom. The predicted molar refractivity (Wildman–Crippen MR) is 79.9 cm³/mol. The van der Waals surface area contributed by atoms with Crippen LogP contribution in [0.2, 0.25) is 5.02 Å². The lowest BCUT2D eigenvalue weighted by molar-refractivity contribution is 0.350. The highest BCUT2D eigenvalue weighted by Crippen LogP contribution is 2.27. The quantitative estimate of drug-likeness (QED) is 0.822.